The molecule has 5 aliphatic carbocycles. The van der Waals surface area contributed by atoms with Gasteiger partial charge in [0.05, 0.1) is 6.10 Å². The van der Waals surface area contributed by atoms with Gasteiger partial charge in [0.25, 0.3) is 0 Å². The van der Waals surface area contributed by atoms with E-state index in [-0.39, 0.29) is 16.9 Å². The number of carbonyl (C=O) groups is 1. The maximum absolute atomic E-state index is 12.6. The van der Waals surface area contributed by atoms with E-state index < -0.39 is 0 Å². The first-order chi connectivity index (χ1) is 16.8. The molecule has 0 amide bonds. The molecule has 5 rings (SSSR count). The first kappa shape index (κ1) is 30.2. The van der Waals surface area contributed by atoms with Gasteiger partial charge in [0, 0.05) is 5.41 Å². The van der Waals surface area contributed by atoms with Crippen LogP contribution in [-0.2, 0) is 4.79 Å². The normalized spacial score (nSPS) is 50.3. The molecule has 0 bridgehead atoms. The fourth-order valence-corrected chi connectivity index (χ4v) is 11.3. The van der Waals surface area contributed by atoms with Crippen molar-refractivity contribution in [1.82, 2.24) is 0 Å². The van der Waals surface area contributed by atoms with Crippen LogP contribution in [0.1, 0.15) is 147 Å². The molecule has 5 saturated carbocycles. The molecule has 0 spiro atoms. The molecule has 2 heteroatoms. The van der Waals surface area contributed by atoms with Crippen LogP contribution >= 0.6 is 0 Å². The van der Waals surface area contributed by atoms with Crippen LogP contribution < -0.4 is 0 Å². The average molecular weight is 503 g/mol. The lowest BCUT2D eigenvalue weighted by atomic mass is 9.31. The third-order valence-corrected chi connectivity index (χ3v) is 13.5. The second-order valence-corrected chi connectivity index (χ2v) is 15.4. The first-order valence-corrected chi connectivity index (χ1v) is 15.9. The van der Waals surface area contributed by atoms with Gasteiger partial charge in [-0.1, -0.05) is 76.2 Å². The SMILES string of the molecule is CC.CC.CC1(C)CCC2(C=O)CC[C@]3(C)C(CCC4C5(C)CCC(O)C(C)(C)C5CCC43C)C2C1. The average Bonchev–Trinajstić information content (AvgIpc) is 2.84. The highest BCUT2D eigenvalue weighted by Gasteiger charge is 2.70. The number of hydrogen-bond donors (Lipinski definition) is 1. The summed E-state index contributed by atoms with van der Waals surface area (Å²) in [5, 5.41) is 10.9. The highest BCUT2D eigenvalue weighted by atomic mass is 16.3. The van der Waals surface area contributed by atoms with Crippen molar-refractivity contribution in [3.63, 3.8) is 0 Å². The fourth-order valence-electron chi connectivity index (χ4n) is 11.3. The van der Waals surface area contributed by atoms with Crippen molar-refractivity contribution in [3.05, 3.63) is 0 Å². The van der Waals surface area contributed by atoms with Crippen molar-refractivity contribution in [2.24, 2.45) is 56.2 Å². The number of aliphatic hydroxyl groups excluding tert-OH is 1. The summed E-state index contributed by atoms with van der Waals surface area (Å²) in [6.07, 6.45) is 14.6. The van der Waals surface area contributed by atoms with Gasteiger partial charge in [0.1, 0.15) is 6.29 Å². The lowest BCUT2D eigenvalue weighted by Crippen LogP contribution is -2.67. The van der Waals surface area contributed by atoms with E-state index in [0.29, 0.717) is 39.4 Å². The number of fused-ring (bicyclic) bond motifs is 7. The Hall–Kier alpha value is -0.370. The van der Waals surface area contributed by atoms with Gasteiger partial charge in [-0.2, -0.15) is 0 Å². The predicted molar refractivity (Wildman–Crippen MR) is 154 cm³/mol. The zero-order valence-electron chi connectivity index (χ0n) is 26.1. The fraction of sp³-hybridized carbons (Fsp3) is 0.971. The number of aldehydes is 1. The molecule has 5 fully saturated rings. The van der Waals surface area contributed by atoms with E-state index in [1.165, 1.54) is 57.7 Å². The smallest absolute Gasteiger partial charge is 0.126 e. The van der Waals surface area contributed by atoms with E-state index in [1.54, 1.807) is 0 Å². The third kappa shape index (κ3) is 4.08. The molecule has 210 valence electrons. The molecule has 8 unspecified atom stereocenters. The molecule has 2 nitrogen and oxygen atoms in total. The molecule has 36 heavy (non-hydrogen) atoms. The summed E-state index contributed by atoms with van der Waals surface area (Å²) in [6, 6.07) is 0. The Morgan fingerprint density at radius 2 is 1.25 bits per heavy atom. The van der Waals surface area contributed by atoms with E-state index in [9.17, 15) is 9.90 Å². The number of hydrogen-bond acceptors (Lipinski definition) is 2. The third-order valence-electron chi connectivity index (χ3n) is 13.5. The standard InChI is InChI=1S/C30H50O2.2C2H6/c1-25(2)14-16-30(19-31)17-15-28(6)20(21(30)18-25)8-9-23-27(5)12-11-24(32)26(3,4)22(27)10-13-29(23,28)7;2*1-2/h19-24,32H,8-18H2,1-7H3;2*1-2H3/t20?,21?,22?,23?,24?,27?,28-,29?,30?;;/m1../s1. The van der Waals surface area contributed by atoms with Crippen molar-refractivity contribution in [3.8, 4) is 0 Å². The monoisotopic (exact) mass is 502 g/mol. The lowest BCUT2D eigenvalue weighted by Gasteiger charge is -2.73. The summed E-state index contributed by atoms with van der Waals surface area (Å²) in [4.78, 5) is 12.6. The van der Waals surface area contributed by atoms with Crippen molar-refractivity contribution in [1.29, 1.82) is 0 Å². The van der Waals surface area contributed by atoms with E-state index >= 15 is 0 Å². The van der Waals surface area contributed by atoms with Crippen molar-refractivity contribution in [2.75, 3.05) is 0 Å². The first-order valence-electron chi connectivity index (χ1n) is 15.9. The molecule has 0 heterocycles. The van der Waals surface area contributed by atoms with Crippen LogP contribution in [0.4, 0.5) is 0 Å². The highest BCUT2D eigenvalue weighted by Crippen LogP contribution is 2.76. The summed E-state index contributed by atoms with van der Waals surface area (Å²) in [6.45, 7) is 25.5. The molecule has 0 aromatic heterocycles. The van der Waals surface area contributed by atoms with Gasteiger partial charge in [-0.15, -0.1) is 0 Å². The van der Waals surface area contributed by atoms with Crippen molar-refractivity contribution >= 4 is 6.29 Å². The van der Waals surface area contributed by atoms with Gasteiger partial charge in [0.2, 0.25) is 0 Å². The maximum atomic E-state index is 12.6. The topological polar surface area (TPSA) is 37.3 Å². The molecule has 1 N–H and O–H groups in total. The van der Waals surface area contributed by atoms with Crippen LogP contribution in [0.3, 0.4) is 0 Å². The predicted octanol–water partition coefficient (Wildman–Crippen LogP) is 9.48. The van der Waals surface area contributed by atoms with Gasteiger partial charge in [-0.25, -0.2) is 0 Å². The van der Waals surface area contributed by atoms with Gasteiger partial charge < -0.3 is 9.90 Å². The molecule has 9 atom stereocenters. The quantitative estimate of drug-likeness (QED) is 0.362. The van der Waals surface area contributed by atoms with Gasteiger partial charge in [-0.3, -0.25) is 0 Å². The maximum Gasteiger partial charge on any atom is 0.126 e. The molecular weight excluding hydrogens is 440 g/mol. The second-order valence-electron chi connectivity index (χ2n) is 15.4. The Labute approximate surface area is 225 Å². The van der Waals surface area contributed by atoms with Gasteiger partial charge in [-0.05, 0) is 121 Å². The Kier molecular flexibility index (Phi) is 8.37. The van der Waals surface area contributed by atoms with Crippen LogP contribution in [0.5, 0.6) is 0 Å². The van der Waals surface area contributed by atoms with Gasteiger partial charge in [0.15, 0.2) is 0 Å². The zero-order valence-corrected chi connectivity index (χ0v) is 26.1. The minimum absolute atomic E-state index is 0.0265. The number of carbonyl (C=O) groups excluding carboxylic acids is 1. The summed E-state index contributed by atoms with van der Waals surface area (Å²) in [5.41, 5.74) is 1.40. The number of rotatable bonds is 1. The van der Waals surface area contributed by atoms with Crippen LogP contribution in [0.25, 0.3) is 0 Å². The Morgan fingerprint density at radius 1 is 0.639 bits per heavy atom. The van der Waals surface area contributed by atoms with Crippen LogP contribution in [0.2, 0.25) is 0 Å². The largest absolute Gasteiger partial charge is 0.393 e. The Bertz CT molecular complexity index is 784. The molecule has 0 radical (unpaired) electrons. The molecule has 0 aliphatic heterocycles. The van der Waals surface area contributed by atoms with Crippen LogP contribution in [0, 0.1) is 56.2 Å². The molecular formula is C34H62O2. The molecule has 0 aromatic rings. The summed E-state index contributed by atoms with van der Waals surface area (Å²) in [7, 11) is 0. The van der Waals surface area contributed by atoms with E-state index in [2.05, 4.69) is 48.5 Å². The van der Waals surface area contributed by atoms with Crippen LogP contribution in [0.15, 0.2) is 0 Å². The van der Waals surface area contributed by atoms with E-state index in [1.807, 2.05) is 27.7 Å². The van der Waals surface area contributed by atoms with E-state index in [4.69, 9.17) is 0 Å². The van der Waals surface area contributed by atoms with Crippen LogP contribution in [-0.4, -0.2) is 17.5 Å². The highest BCUT2D eigenvalue weighted by molar-refractivity contribution is 5.61. The lowest BCUT2D eigenvalue weighted by molar-refractivity contribution is -0.251. The van der Waals surface area contributed by atoms with E-state index in [0.717, 1.165) is 25.2 Å². The number of aliphatic hydroxyl groups is 1. The van der Waals surface area contributed by atoms with Crippen molar-refractivity contribution < 1.29 is 9.90 Å². The van der Waals surface area contributed by atoms with Crippen molar-refractivity contribution in [2.45, 2.75) is 153 Å². The molecule has 5 aliphatic rings. The summed E-state index contributed by atoms with van der Waals surface area (Å²) < 4.78 is 0. The Balaban J connectivity index is 0.000000861. The summed E-state index contributed by atoms with van der Waals surface area (Å²) in [5.74, 6) is 2.66. The second kappa shape index (κ2) is 9.98. The minimum atomic E-state index is -0.149. The summed E-state index contributed by atoms with van der Waals surface area (Å²) >= 11 is 0. The van der Waals surface area contributed by atoms with Gasteiger partial charge >= 0.3 is 0 Å². The minimum Gasteiger partial charge on any atom is -0.393 e. The molecule has 0 saturated heterocycles. The Morgan fingerprint density at radius 3 is 1.86 bits per heavy atom. The molecule has 0 aromatic carbocycles. The zero-order chi connectivity index (χ0) is 27.4.